The standard InChI is InChI=1S/C22H32N4O2S.HI/c1-6-23-21(24-15-18-12-8-7-11-17(18)2)25-16-19-13-9-10-14-20(19)29(27,28)26-22(3,4)5;/h7-14,26H,6,15-16H2,1-5H3,(H2,23,24,25);1H. The van der Waals surface area contributed by atoms with E-state index >= 15 is 0 Å². The number of nitrogens with zero attached hydrogens (tertiary/aromatic N) is 1. The second-order valence-corrected chi connectivity index (χ2v) is 9.59. The molecule has 0 unspecified atom stereocenters. The summed E-state index contributed by atoms with van der Waals surface area (Å²) in [6.45, 7) is 11.2. The van der Waals surface area contributed by atoms with Crippen LogP contribution >= 0.6 is 24.0 Å². The van der Waals surface area contributed by atoms with Gasteiger partial charge in [0.15, 0.2) is 5.96 Å². The first kappa shape index (κ1) is 26.4. The number of hydrogen-bond acceptors (Lipinski definition) is 3. The van der Waals surface area contributed by atoms with Gasteiger partial charge in [0.2, 0.25) is 10.0 Å². The molecule has 0 aliphatic heterocycles. The number of sulfonamides is 1. The van der Waals surface area contributed by atoms with E-state index in [9.17, 15) is 8.42 Å². The average molecular weight is 545 g/mol. The molecule has 6 nitrogen and oxygen atoms in total. The van der Waals surface area contributed by atoms with Gasteiger partial charge in [-0.25, -0.2) is 18.1 Å². The van der Waals surface area contributed by atoms with Crippen LogP contribution in [0.25, 0.3) is 0 Å². The van der Waals surface area contributed by atoms with Crippen molar-refractivity contribution in [3.8, 4) is 0 Å². The molecule has 0 atom stereocenters. The second kappa shape index (κ2) is 11.7. The minimum absolute atomic E-state index is 0. The van der Waals surface area contributed by atoms with Crippen LogP contribution in [0.1, 0.15) is 44.4 Å². The van der Waals surface area contributed by atoms with Crippen molar-refractivity contribution in [3.05, 3.63) is 65.2 Å². The summed E-state index contributed by atoms with van der Waals surface area (Å²) in [5.74, 6) is 0.645. The van der Waals surface area contributed by atoms with E-state index in [4.69, 9.17) is 0 Å². The SMILES string of the molecule is CCNC(=NCc1ccccc1S(=O)(=O)NC(C)(C)C)NCc1ccccc1C.I. The number of aliphatic imine (C=N–C) groups is 1. The lowest BCUT2D eigenvalue weighted by molar-refractivity contribution is 0.491. The normalized spacial score (nSPS) is 12.2. The zero-order valence-electron chi connectivity index (χ0n) is 18.3. The summed E-state index contributed by atoms with van der Waals surface area (Å²) in [6, 6.07) is 15.1. The number of halogens is 1. The summed E-state index contributed by atoms with van der Waals surface area (Å²) in [6.07, 6.45) is 0. The number of hydrogen-bond donors (Lipinski definition) is 3. The lowest BCUT2D eigenvalue weighted by Gasteiger charge is -2.21. The monoisotopic (exact) mass is 544 g/mol. The number of benzene rings is 2. The Labute approximate surface area is 198 Å². The van der Waals surface area contributed by atoms with Gasteiger partial charge in [-0.3, -0.25) is 0 Å². The Morgan fingerprint density at radius 3 is 2.17 bits per heavy atom. The van der Waals surface area contributed by atoms with Crippen molar-refractivity contribution in [2.24, 2.45) is 4.99 Å². The molecule has 0 amide bonds. The summed E-state index contributed by atoms with van der Waals surface area (Å²) < 4.78 is 28.3. The molecule has 0 aliphatic carbocycles. The van der Waals surface area contributed by atoms with Crippen molar-refractivity contribution in [1.82, 2.24) is 15.4 Å². The summed E-state index contributed by atoms with van der Waals surface area (Å²) in [4.78, 5) is 4.86. The lowest BCUT2D eigenvalue weighted by Crippen LogP contribution is -2.40. The van der Waals surface area contributed by atoms with Crippen LogP contribution in [0.3, 0.4) is 0 Å². The predicted molar refractivity (Wildman–Crippen MR) is 135 cm³/mol. The van der Waals surface area contributed by atoms with Crippen molar-refractivity contribution in [2.75, 3.05) is 6.54 Å². The summed E-state index contributed by atoms with van der Waals surface area (Å²) in [5, 5.41) is 6.53. The molecule has 0 fully saturated rings. The average Bonchev–Trinajstić information content (AvgIpc) is 2.63. The maximum atomic E-state index is 12.8. The van der Waals surface area contributed by atoms with E-state index in [1.54, 1.807) is 18.2 Å². The smallest absolute Gasteiger partial charge is 0.241 e. The minimum Gasteiger partial charge on any atom is -0.357 e. The quantitative estimate of drug-likeness (QED) is 0.280. The molecule has 0 aromatic heterocycles. The Morgan fingerprint density at radius 1 is 0.967 bits per heavy atom. The number of guanidine groups is 1. The maximum Gasteiger partial charge on any atom is 0.241 e. The molecule has 0 saturated heterocycles. The molecule has 0 aliphatic rings. The third-order valence-corrected chi connectivity index (χ3v) is 6.02. The van der Waals surface area contributed by atoms with E-state index in [1.807, 2.05) is 45.9 Å². The molecule has 0 heterocycles. The van der Waals surface area contributed by atoms with Gasteiger partial charge in [-0.15, -0.1) is 24.0 Å². The van der Waals surface area contributed by atoms with Crippen molar-refractivity contribution in [3.63, 3.8) is 0 Å². The molecule has 0 spiro atoms. The van der Waals surface area contributed by atoms with Gasteiger partial charge in [0.25, 0.3) is 0 Å². The van der Waals surface area contributed by atoms with Gasteiger partial charge in [-0.1, -0.05) is 42.5 Å². The molecule has 30 heavy (non-hydrogen) atoms. The first-order valence-corrected chi connectivity index (χ1v) is 11.3. The summed E-state index contributed by atoms with van der Waals surface area (Å²) in [5.41, 5.74) is 2.49. The van der Waals surface area contributed by atoms with E-state index in [2.05, 4.69) is 39.4 Å². The van der Waals surface area contributed by atoms with Crippen molar-refractivity contribution in [2.45, 2.75) is 58.1 Å². The highest BCUT2D eigenvalue weighted by molar-refractivity contribution is 14.0. The second-order valence-electron chi connectivity index (χ2n) is 7.94. The Balaban J connectivity index is 0.00000450. The van der Waals surface area contributed by atoms with Crippen LogP contribution in [0.2, 0.25) is 0 Å². The Morgan fingerprint density at radius 2 is 1.57 bits per heavy atom. The molecule has 2 rings (SSSR count). The molecular weight excluding hydrogens is 511 g/mol. The fourth-order valence-electron chi connectivity index (χ4n) is 2.85. The Hall–Kier alpha value is -1.65. The van der Waals surface area contributed by atoms with E-state index in [-0.39, 0.29) is 35.4 Å². The van der Waals surface area contributed by atoms with Crippen LogP contribution in [0.5, 0.6) is 0 Å². The summed E-state index contributed by atoms with van der Waals surface area (Å²) >= 11 is 0. The molecule has 0 bridgehead atoms. The maximum absolute atomic E-state index is 12.8. The molecule has 2 aromatic carbocycles. The minimum atomic E-state index is -3.63. The topological polar surface area (TPSA) is 82.6 Å². The van der Waals surface area contributed by atoms with Crippen LogP contribution in [0.4, 0.5) is 0 Å². The third-order valence-electron chi connectivity index (χ3n) is 4.16. The molecule has 0 radical (unpaired) electrons. The highest BCUT2D eigenvalue weighted by atomic mass is 127. The van der Waals surface area contributed by atoms with Crippen molar-refractivity contribution in [1.29, 1.82) is 0 Å². The fourth-order valence-corrected chi connectivity index (χ4v) is 4.50. The van der Waals surface area contributed by atoms with E-state index < -0.39 is 15.6 Å². The van der Waals surface area contributed by atoms with Crippen molar-refractivity contribution >= 4 is 40.0 Å². The van der Waals surface area contributed by atoms with E-state index in [0.29, 0.717) is 24.6 Å². The number of rotatable bonds is 7. The molecule has 2 aromatic rings. The lowest BCUT2D eigenvalue weighted by atomic mass is 10.1. The molecular formula is C22H33IN4O2S. The Bertz CT molecular complexity index is 954. The van der Waals surface area contributed by atoms with Crippen LogP contribution in [-0.4, -0.2) is 26.5 Å². The van der Waals surface area contributed by atoms with Crippen LogP contribution in [-0.2, 0) is 23.1 Å². The molecule has 166 valence electrons. The third kappa shape index (κ3) is 8.23. The van der Waals surface area contributed by atoms with Gasteiger partial charge in [0.1, 0.15) is 0 Å². The van der Waals surface area contributed by atoms with Crippen molar-refractivity contribution < 1.29 is 8.42 Å². The zero-order chi connectivity index (χ0) is 21.5. The predicted octanol–water partition coefficient (Wildman–Crippen LogP) is 3.95. The zero-order valence-corrected chi connectivity index (χ0v) is 21.5. The Kier molecular flexibility index (Phi) is 10.3. The number of aryl methyl sites for hydroxylation is 1. The van der Waals surface area contributed by atoms with Gasteiger partial charge >= 0.3 is 0 Å². The van der Waals surface area contributed by atoms with Crippen LogP contribution < -0.4 is 15.4 Å². The summed E-state index contributed by atoms with van der Waals surface area (Å²) in [7, 11) is -3.63. The fraction of sp³-hybridized carbons (Fsp3) is 0.409. The highest BCUT2D eigenvalue weighted by Gasteiger charge is 2.24. The van der Waals surface area contributed by atoms with Gasteiger partial charge < -0.3 is 10.6 Å². The highest BCUT2D eigenvalue weighted by Crippen LogP contribution is 2.18. The largest absolute Gasteiger partial charge is 0.357 e. The molecule has 8 heteroatoms. The first-order chi connectivity index (χ1) is 13.6. The molecule has 3 N–H and O–H groups in total. The van der Waals surface area contributed by atoms with Crippen LogP contribution in [0.15, 0.2) is 58.4 Å². The molecule has 0 saturated carbocycles. The van der Waals surface area contributed by atoms with Gasteiger partial charge in [0.05, 0.1) is 11.4 Å². The van der Waals surface area contributed by atoms with E-state index in [0.717, 1.165) is 0 Å². The first-order valence-electron chi connectivity index (χ1n) is 9.81. The van der Waals surface area contributed by atoms with Gasteiger partial charge in [0, 0.05) is 18.6 Å². The number of nitrogens with one attached hydrogen (secondary N) is 3. The van der Waals surface area contributed by atoms with Gasteiger partial charge in [-0.05, 0) is 57.4 Å². The van der Waals surface area contributed by atoms with E-state index in [1.165, 1.54) is 11.1 Å². The van der Waals surface area contributed by atoms with Crippen LogP contribution in [0, 0.1) is 6.92 Å². The van der Waals surface area contributed by atoms with Gasteiger partial charge in [-0.2, -0.15) is 0 Å².